The number of amides is 1. The standard InChI is InChI=1S/C38H50N4O12/c39-21-13-22(40)36(34(50)35(21)53-37-31(47)28(41)29(45)24(15-43)52-37)54-38-33(49)32(48)30(46)23(51-38)14-42-25(44)6-1-3-16-11-19-9-7-17-4-2-5-18-8-10-20(12-16)27(19)26(17)18/h2,4-5,7-12,21-24,28-38,43,45-50H,1,3,6,13-15,39-41H2,(H,42,44)/t21-,22+,23-,24-,28+,29-,30-,31-,32+,33-,34-,35+,36-,37-,38-/m1/s1. The summed E-state index contributed by atoms with van der Waals surface area (Å²) in [5.74, 6) is -0.303. The van der Waals surface area contributed by atoms with Gasteiger partial charge in [-0.3, -0.25) is 4.79 Å². The minimum atomic E-state index is -1.76. The molecule has 14 N–H and O–H groups in total. The molecule has 4 aromatic carbocycles. The molecule has 1 saturated carbocycles. The summed E-state index contributed by atoms with van der Waals surface area (Å²) >= 11 is 0. The van der Waals surface area contributed by atoms with Crippen molar-refractivity contribution < 1.29 is 59.5 Å². The maximum atomic E-state index is 12.9. The Morgan fingerprint density at radius 3 is 1.87 bits per heavy atom. The molecule has 15 atom stereocenters. The average Bonchev–Trinajstić information content (AvgIpc) is 3.16. The van der Waals surface area contributed by atoms with Crippen LogP contribution >= 0.6 is 0 Å². The lowest BCUT2D eigenvalue weighted by Gasteiger charge is -2.48. The predicted molar refractivity (Wildman–Crippen MR) is 195 cm³/mol. The first-order valence-electron chi connectivity index (χ1n) is 18.4. The van der Waals surface area contributed by atoms with Gasteiger partial charge in [0.2, 0.25) is 5.91 Å². The van der Waals surface area contributed by atoms with Crippen molar-refractivity contribution in [2.45, 2.75) is 117 Å². The smallest absolute Gasteiger partial charge is 0.220 e. The summed E-state index contributed by atoms with van der Waals surface area (Å²) in [4.78, 5) is 12.9. The zero-order valence-corrected chi connectivity index (χ0v) is 29.5. The van der Waals surface area contributed by atoms with Gasteiger partial charge < -0.3 is 77.2 Å². The number of aliphatic hydroxyl groups is 7. The van der Waals surface area contributed by atoms with Crippen LogP contribution in [0.4, 0.5) is 0 Å². The number of carbonyl (C=O) groups excluding carboxylic acids is 1. The number of rotatable bonds is 11. The third-order valence-electron chi connectivity index (χ3n) is 11.1. The highest BCUT2D eigenvalue weighted by Crippen LogP contribution is 2.36. The van der Waals surface area contributed by atoms with Gasteiger partial charge in [-0.2, -0.15) is 0 Å². The lowest BCUT2D eigenvalue weighted by Crippen LogP contribution is -2.68. The first-order chi connectivity index (χ1) is 25.9. The quantitative estimate of drug-likeness (QED) is 0.0724. The van der Waals surface area contributed by atoms with Gasteiger partial charge >= 0.3 is 0 Å². The van der Waals surface area contributed by atoms with Crippen LogP contribution in [0.2, 0.25) is 0 Å². The van der Waals surface area contributed by atoms with Gasteiger partial charge in [0.25, 0.3) is 0 Å². The summed E-state index contributed by atoms with van der Waals surface area (Å²) in [6, 6.07) is 16.1. The summed E-state index contributed by atoms with van der Waals surface area (Å²) in [6.07, 6.45) is -16.1. The molecule has 7 rings (SSSR count). The Kier molecular flexibility index (Phi) is 11.7. The molecule has 1 amide bonds. The minimum absolute atomic E-state index is 0.0376. The number of aryl methyl sites for hydroxylation is 1. The van der Waals surface area contributed by atoms with E-state index in [0.29, 0.717) is 12.8 Å². The first-order valence-corrected chi connectivity index (χ1v) is 18.4. The molecule has 2 saturated heterocycles. The van der Waals surface area contributed by atoms with Gasteiger partial charge in [-0.1, -0.05) is 54.6 Å². The second kappa shape index (κ2) is 16.1. The number of benzene rings is 4. The van der Waals surface area contributed by atoms with Crippen molar-refractivity contribution in [3.05, 3.63) is 60.2 Å². The number of ether oxygens (including phenoxy) is 4. The van der Waals surface area contributed by atoms with Gasteiger partial charge in [-0.05, 0) is 57.1 Å². The van der Waals surface area contributed by atoms with Crippen LogP contribution in [0.15, 0.2) is 54.6 Å². The fraction of sp³-hybridized carbons (Fsp3) is 0.553. The van der Waals surface area contributed by atoms with E-state index in [1.807, 2.05) is 0 Å². The zero-order chi connectivity index (χ0) is 38.4. The van der Waals surface area contributed by atoms with E-state index in [2.05, 4.69) is 59.9 Å². The van der Waals surface area contributed by atoms with Crippen molar-refractivity contribution in [3.8, 4) is 0 Å². The summed E-state index contributed by atoms with van der Waals surface area (Å²) in [6.45, 7) is -0.832. The molecule has 0 radical (unpaired) electrons. The van der Waals surface area contributed by atoms with Gasteiger partial charge in [-0.25, -0.2) is 0 Å². The van der Waals surface area contributed by atoms with E-state index < -0.39 is 98.4 Å². The fourth-order valence-electron chi connectivity index (χ4n) is 8.09. The topological polar surface area (TPSA) is 286 Å². The molecular formula is C38H50N4O12. The first kappa shape index (κ1) is 39.1. The van der Waals surface area contributed by atoms with Crippen LogP contribution in [0.3, 0.4) is 0 Å². The van der Waals surface area contributed by atoms with Crippen LogP contribution < -0.4 is 22.5 Å². The third-order valence-corrected chi connectivity index (χ3v) is 11.1. The van der Waals surface area contributed by atoms with Crippen LogP contribution in [-0.2, 0) is 30.2 Å². The second-order valence-electron chi connectivity index (χ2n) is 14.8. The van der Waals surface area contributed by atoms with Gasteiger partial charge in [0.1, 0.15) is 61.0 Å². The van der Waals surface area contributed by atoms with Crippen LogP contribution in [-0.4, -0.2) is 147 Å². The summed E-state index contributed by atoms with van der Waals surface area (Å²) < 4.78 is 23.0. The third kappa shape index (κ3) is 7.53. The molecule has 3 fully saturated rings. The van der Waals surface area contributed by atoms with Gasteiger partial charge in [0.05, 0.1) is 12.6 Å². The summed E-state index contributed by atoms with van der Waals surface area (Å²) in [5, 5.41) is 83.6. The van der Waals surface area contributed by atoms with Crippen LogP contribution in [0.25, 0.3) is 32.3 Å². The van der Waals surface area contributed by atoms with E-state index in [1.165, 1.54) is 21.5 Å². The van der Waals surface area contributed by atoms with Crippen molar-refractivity contribution in [1.29, 1.82) is 0 Å². The van der Waals surface area contributed by atoms with Crippen molar-refractivity contribution in [3.63, 3.8) is 0 Å². The number of nitrogens with one attached hydrogen (secondary N) is 1. The van der Waals surface area contributed by atoms with E-state index in [4.69, 9.17) is 36.1 Å². The summed E-state index contributed by atoms with van der Waals surface area (Å²) in [5.41, 5.74) is 19.5. The molecule has 54 heavy (non-hydrogen) atoms. The average molecular weight is 755 g/mol. The number of carbonyl (C=O) groups is 1. The largest absolute Gasteiger partial charge is 0.394 e. The fourth-order valence-corrected chi connectivity index (χ4v) is 8.09. The van der Waals surface area contributed by atoms with Crippen molar-refractivity contribution in [2.75, 3.05) is 13.2 Å². The number of hydrogen-bond donors (Lipinski definition) is 11. The lowest BCUT2D eigenvalue weighted by molar-refractivity contribution is -0.332. The molecule has 3 aliphatic rings. The SMILES string of the molecule is N[C@@H]1[C@@H](O)[C@@H](O[C@@H]2[C@@H](O)[C@H](O[C@H]3O[C@H](CNC(=O)CCCc4cc5ccc6cccc7ccc(c4)c5c67)[C@@H](O)[C@H](O)[C@H]3O)[C@@H](N)C[C@H]2N)O[C@H](CO)[C@H]1O. The molecular weight excluding hydrogens is 704 g/mol. The molecule has 0 spiro atoms. The van der Waals surface area contributed by atoms with E-state index in [1.54, 1.807) is 0 Å². The molecule has 16 heteroatoms. The highest BCUT2D eigenvalue weighted by molar-refractivity contribution is 6.23. The minimum Gasteiger partial charge on any atom is -0.394 e. The molecule has 0 bridgehead atoms. The van der Waals surface area contributed by atoms with Gasteiger partial charge in [-0.15, -0.1) is 0 Å². The van der Waals surface area contributed by atoms with Crippen LogP contribution in [0.5, 0.6) is 0 Å². The summed E-state index contributed by atoms with van der Waals surface area (Å²) in [7, 11) is 0. The molecule has 0 unspecified atom stereocenters. The molecule has 2 heterocycles. The molecule has 2 aliphatic heterocycles. The Hall–Kier alpha value is -3.17. The van der Waals surface area contributed by atoms with Crippen molar-refractivity contribution in [2.24, 2.45) is 17.2 Å². The molecule has 4 aromatic rings. The maximum absolute atomic E-state index is 12.9. The monoisotopic (exact) mass is 754 g/mol. The Labute approximate surface area is 310 Å². The van der Waals surface area contributed by atoms with E-state index >= 15 is 0 Å². The molecule has 1 aliphatic carbocycles. The Morgan fingerprint density at radius 1 is 0.704 bits per heavy atom. The highest BCUT2D eigenvalue weighted by atomic mass is 16.7. The van der Waals surface area contributed by atoms with Crippen molar-refractivity contribution >= 4 is 38.2 Å². The zero-order valence-electron chi connectivity index (χ0n) is 29.5. The Bertz CT molecular complexity index is 1840. The van der Waals surface area contributed by atoms with Crippen LogP contribution in [0, 0.1) is 0 Å². The maximum Gasteiger partial charge on any atom is 0.220 e. The second-order valence-corrected chi connectivity index (χ2v) is 14.8. The highest BCUT2D eigenvalue weighted by Gasteiger charge is 2.51. The normalized spacial score (nSPS) is 37.6. The molecule has 294 valence electrons. The lowest BCUT2D eigenvalue weighted by atomic mass is 9.84. The van der Waals surface area contributed by atoms with Crippen LogP contribution in [0.1, 0.15) is 24.8 Å². The van der Waals surface area contributed by atoms with Crippen molar-refractivity contribution in [1.82, 2.24) is 5.32 Å². The van der Waals surface area contributed by atoms with E-state index in [-0.39, 0.29) is 25.3 Å². The number of hydrogen-bond acceptors (Lipinski definition) is 15. The van der Waals surface area contributed by atoms with E-state index in [0.717, 1.165) is 16.3 Å². The van der Waals surface area contributed by atoms with Gasteiger partial charge in [0.15, 0.2) is 12.6 Å². The number of aliphatic hydroxyl groups excluding tert-OH is 7. The number of nitrogens with two attached hydrogens (primary N) is 3. The molecule has 16 nitrogen and oxygen atoms in total. The Morgan fingerprint density at radius 2 is 1.26 bits per heavy atom. The van der Waals surface area contributed by atoms with Gasteiger partial charge in [0, 0.05) is 25.0 Å². The predicted octanol–water partition coefficient (Wildman–Crippen LogP) is -2.21. The van der Waals surface area contributed by atoms with E-state index in [9.17, 15) is 40.5 Å². The Balaban J connectivity index is 0.939. The molecule has 0 aromatic heterocycles.